The Hall–Kier alpha value is -1.93. The van der Waals surface area contributed by atoms with Gasteiger partial charge in [-0.15, -0.1) is 0 Å². The molecule has 120 valence electrons. The molecule has 0 saturated carbocycles. The molecule has 0 bridgehead atoms. The number of aromatic nitrogens is 1. The summed E-state index contributed by atoms with van der Waals surface area (Å²) < 4.78 is 40.8. The van der Waals surface area contributed by atoms with Gasteiger partial charge in [0.05, 0.1) is 5.39 Å². The van der Waals surface area contributed by atoms with Gasteiger partial charge in [-0.1, -0.05) is 25.8 Å². The maximum atomic E-state index is 13.9. The van der Waals surface area contributed by atoms with E-state index in [1.54, 1.807) is 6.07 Å². The third kappa shape index (κ3) is 3.28. The van der Waals surface area contributed by atoms with Crippen molar-refractivity contribution in [2.24, 2.45) is 0 Å². The fourth-order valence-electron chi connectivity index (χ4n) is 2.21. The minimum absolute atomic E-state index is 0.0744. The SMILES string of the molecule is CCCC[C@H](NS(=O)(=O)c1c[nH]c2cccc(F)c12)C(=O)O. The molecule has 1 heterocycles. The van der Waals surface area contributed by atoms with Crippen molar-refractivity contribution in [3.05, 3.63) is 30.2 Å². The second kappa shape index (κ2) is 6.45. The number of fused-ring (bicyclic) bond motifs is 1. The molecule has 0 spiro atoms. The van der Waals surface area contributed by atoms with Crippen LogP contribution in [0.1, 0.15) is 26.2 Å². The van der Waals surface area contributed by atoms with E-state index in [2.05, 4.69) is 9.71 Å². The molecule has 1 aromatic carbocycles. The van der Waals surface area contributed by atoms with Crippen molar-refractivity contribution in [3.8, 4) is 0 Å². The van der Waals surface area contributed by atoms with Crippen molar-refractivity contribution in [1.29, 1.82) is 0 Å². The Morgan fingerprint density at radius 3 is 2.82 bits per heavy atom. The number of carbonyl (C=O) groups is 1. The van der Waals surface area contributed by atoms with Crippen molar-refractivity contribution >= 4 is 26.9 Å². The monoisotopic (exact) mass is 328 g/mol. The van der Waals surface area contributed by atoms with Crippen LogP contribution in [0.25, 0.3) is 10.9 Å². The van der Waals surface area contributed by atoms with E-state index in [4.69, 9.17) is 5.11 Å². The van der Waals surface area contributed by atoms with Crippen LogP contribution in [0, 0.1) is 5.82 Å². The van der Waals surface area contributed by atoms with Crippen LogP contribution < -0.4 is 4.72 Å². The Balaban J connectivity index is 2.38. The molecule has 0 fully saturated rings. The summed E-state index contributed by atoms with van der Waals surface area (Å²) in [6, 6.07) is 2.92. The van der Waals surface area contributed by atoms with E-state index >= 15 is 0 Å². The highest BCUT2D eigenvalue weighted by molar-refractivity contribution is 7.89. The zero-order valence-corrected chi connectivity index (χ0v) is 12.8. The number of halogens is 1. The largest absolute Gasteiger partial charge is 0.480 e. The number of H-pyrrole nitrogens is 1. The molecule has 6 nitrogen and oxygen atoms in total. The van der Waals surface area contributed by atoms with E-state index in [0.29, 0.717) is 11.9 Å². The van der Waals surface area contributed by atoms with Crippen molar-refractivity contribution in [2.45, 2.75) is 37.1 Å². The molecule has 22 heavy (non-hydrogen) atoms. The summed E-state index contributed by atoms with van der Waals surface area (Å²) in [5.41, 5.74) is 0.334. The average Bonchev–Trinajstić information content (AvgIpc) is 2.89. The highest BCUT2D eigenvalue weighted by Crippen LogP contribution is 2.25. The summed E-state index contributed by atoms with van der Waals surface area (Å²) in [5.74, 6) is -1.93. The van der Waals surface area contributed by atoms with E-state index in [1.807, 2.05) is 6.92 Å². The molecule has 0 amide bonds. The van der Waals surface area contributed by atoms with E-state index < -0.39 is 27.9 Å². The molecule has 0 aliphatic heterocycles. The molecule has 0 radical (unpaired) electrons. The number of nitrogens with one attached hydrogen (secondary N) is 2. The van der Waals surface area contributed by atoms with Gasteiger partial charge >= 0.3 is 5.97 Å². The lowest BCUT2D eigenvalue weighted by Crippen LogP contribution is -2.40. The Kier molecular flexibility index (Phi) is 4.82. The summed E-state index contributed by atoms with van der Waals surface area (Å²) in [6.07, 6.45) is 2.65. The Bertz CT molecular complexity index is 785. The quantitative estimate of drug-likeness (QED) is 0.725. The van der Waals surface area contributed by atoms with Gasteiger partial charge in [-0.05, 0) is 18.6 Å². The number of carboxylic acid groups (broad SMARTS) is 1. The van der Waals surface area contributed by atoms with Crippen LogP contribution in [0.2, 0.25) is 0 Å². The van der Waals surface area contributed by atoms with Crippen LogP contribution in [-0.2, 0) is 14.8 Å². The van der Waals surface area contributed by atoms with Crippen LogP contribution >= 0.6 is 0 Å². The van der Waals surface area contributed by atoms with E-state index in [9.17, 15) is 17.6 Å². The lowest BCUT2D eigenvalue weighted by Gasteiger charge is -2.14. The number of aliphatic carboxylic acids is 1. The molecule has 0 saturated heterocycles. The highest BCUT2D eigenvalue weighted by atomic mass is 32.2. The fourth-order valence-corrected chi connectivity index (χ4v) is 3.62. The van der Waals surface area contributed by atoms with Gasteiger partial charge in [0.25, 0.3) is 0 Å². The van der Waals surface area contributed by atoms with Gasteiger partial charge in [0, 0.05) is 11.7 Å². The third-order valence-electron chi connectivity index (χ3n) is 3.35. The van der Waals surface area contributed by atoms with Crippen LogP contribution in [-0.4, -0.2) is 30.5 Å². The Labute approximate surface area is 127 Å². The normalized spacial score (nSPS) is 13.4. The predicted octanol–water partition coefficient (Wildman–Crippen LogP) is 2.23. The molecule has 1 atom stereocenters. The molecule has 8 heteroatoms. The van der Waals surface area contributed by atoms with Gasteiger partial charge in [0.1, 0.15) is 16.8 Å². The average molecular weight is 328 g/mol. The number of hydrogen-bond donors (Lipinski definition) is 3. The molecule has 0 aliphatic rings. The molecular formula is C14H17FN2O4S. The second-order valence-corrected chi connectivity index (χ2v) is 6.65. The Morgan fingerprint density at radius 1 is 1.45 bits per heavy atom. The summed E-state index contributed by atoms with van der Waals surface area (Å²) in [5, 5.41) is 9.05. The van der Waals surface area contributed by atoms with Gasteiger partial charge in [-0.3, -0.25) is 4.79 Å². The lowest BCUT2D eigenvalue weighted by molar-refractivity contribution is -0.139. The van der Waals surface area contributed by atoms with E-state index in [-0.39, 0.29) is 16.7 Å². The standard InChI is InChI=1S/C14H17FN2O4S/c1-2-3-6-11(14(18)19)17-22(20,21)12-8-16-10-7-4-5-9(15)13(10)12/h4-5,7-8,11,16-17H,2-3,6H2,1H3,(H,18,19)/t11-/m0/s1. The molecule has 1 aromatic heterocycles. The first-order valence-electron chi connectivity index (χ1n) is 6.87. The molecule has 2 aromatic rings. The van der Waals surface area contributed by atoms with Crippen molar-refractivity contribution in [1.82, 2.24) is 9.71 Å². The van der Waals surface area contributed by atoms with E-state index in [0.717, 1.165) is 18.7 Å². The minimum Gasteiger partial charge on any atom is -0.480 e. The van der Waals surface area contributed by atoms with Crippen LogP contribution in [0.3, 0.4) is 0 Å². The van der Waals surface area contributed by atoms with Crippen LogP contribution in [0.5, 0.6) is 0 Å². The number of benzene rings is 1. The first-order chi connectivity index (χ1) is 10.4. The summed E-state index contributed by atoms with van der Waals surface area (Å²) in [7, 11) is -4.14. The number of rotatable bonds is 7. The van der Waals surface area contributed by atoms with Gasteiger partial charge < -0.3 is 10.1 Å². The maximum Gasteiger partial charge on any atom is 0.321 e. The van der Waals surface area contributed by atoms with Crippen LogP contribution in [0.4, 0.5) is 4.39 Å². The van der Waals surface area contributed by atoms with Crippen LogP contribution in [0.15, 0.2) is 29.3 Å². The first kappa shape index (κ1) is 16.4. The van der Waals surface area contributed by atoms with Crippen molar-refractivity contribution in [2.75, 3.05) is 0 Å². The topological polar surface area (TPSA) is 99.3 Å². The fraction of sp³-hybridized carbons (Fsp3) is 0.357. The van der Waals surface area contributed by atoms with Gasteiger partial charge in [-0.25, -0.2) is 12.8 Å². The van der Waals surface area contributed by atoms with Crippen molar-refractivity contribution < 1.29 is 22.7 Å². The molecule has 0 unspecified atom stereocenters. The van der Waals surface area contributed by atoms with Crippen molar-refractivity contribution in [3.63, 3.8) is 0 Å². The van der Waals surface area contributed by atoms with Gasteiger partial charge in [0.15, 0.2) is 0 Å². The van der Waals surface area contributed by atoms with Gasteiger partial charge in [-0.2, -0.15) is 4.72 Å². The number of unbranched alkanes of at least 4 members (excludes halogenated alkanes) is 1. The maximum absolute atomic E-state index is 13.9. The summed E-state index contributed by atoms with van der Waals surface area (Å²) >= 11 is 0. The zero-order valence-electron chi connectivity index (χ0n) is 12.0. The molecule has 0 aliphatic carbocycles. The Morgan fingerprint density at radius 2 is 2.18 bits per heavy atom. The van der Waals surface area contributed by atoms with E-state index in [1.165, 1.54) is 6.07 Å². The number of carboxylic acids is 1. The first-order valence-corrected chi connectivity index (χ1v) is 8.36. The highest BCUT2D eigenvalue weighted by Gasteiger charge is 2.27. The predicted molar refractivity (Wildman–Crippen MR) is 79.5 cm³/mol. The molecular weight excluding hydrogens is 311 g/mol. The zero-order chi connectivity index (χ0) is 16.3. The number of aromatic amines is 1. The summed E-state index contributed by atoms with van der Waals surface area (Å²) in [4.78, 5) is 13.6. The molecule has 2 rings (SSSR count). The second-order valence-electron chi connectivity index (χ2n) is 4.97. The summed E-state index contributed by atoms with van der Waals surface area (Å²) in [6.45, 7) is 1.88. The smallest absolute Gasteiger partial charge is 0.321 e. The molecule has 3 N–H and O–H groups in total. The third-order valence-corrected chi connectivity index (χ3v) is 4.85. The minimum atomic E-state index is -4.14. The van der Waals surface area contributed by atoms with Gasteiger partial charge in [0.2, 0.25) is 10.0 Å². The number of hydrogen-bond acceptors (Lipinski definition) is 3. The lowest BCUT2D eigenvalue weighted by atomic mass is 10.1. The number of sulfonamides is 1.